The molecule has 0 heterocycles. The number of hydrogen-bond donors (Lipinski definition) is 8. The lowest BCUT2D eigenvalue weighted by molar-refractivity contribution is -0.145. The van der Waals surface area contributed by atoms with E-state index in [1.807, 2.05) is 0 Å². The van der Waals surface area contributed by atoms with Crippen LogP contribution in [0.5, 0.6) is 0 Å². The van der Waals surface area contributed by atoms with Gasteiger partial charge >= 0.3 is 17.9 Å². The fraction of sp³-hybridized carbons (Fsp3) is 0.836. The van der Waals surface area contributed by atoms with Gasteiger partial charge in [-0.1, -0.05) is 211 Å². The van der Waals surface area contributed by atoms with Crippen molar-refractivity contribution in [2.24, 2.45) is 0 Å². The van der Waals surface area contributed by atoms with E-state index < -0.39 is 54.7 Å². The minimum absolute atomic E-state index is 0.332. The molecule has 0 spiro atoms. The Morgan fingerprint density at radius 3 is 0.726 bits per heavy atom. The Hall–Kier alpha value is -2.90. The highest BCUT2D eigenvalue weighted by atomic mass is 16.4. The summed E-state index contributed by atoms with van der Waals surface area (Å²) in [6, 6.07) is 0. The maximum Gasteiger partial charge on any atom is 0.303 e. The number of carbonyl (C=O) groups is 4. The van der Waals surface area contributed by atoms with Crippen LogP contribution in [0.3, 0.4) is 0 Å². The highest BCUT2D eigenvalue weighted by Crippen LogP contribution is 2.13. The molecule has 0 aliphatic heterocycles. The first-order valence-electron chi connectivity index (χ1n) is 29.7. The molecule has 432 valence electrons. The maximum absolute atomic E-state index is 10.5. The summed E-state index contributed by atoms with van der Waals surface area (Å²) in [6.07, 6.45) is 56.8. The van der Waals surface area contributed by atoms with Crippen LogP contribution in [0, 0.1) is 0 Å². The van der Waals surface area contributed by atoms with E-state index in [0.717, 1.165) is 45.4 Å². The van der Waals surface area contributed by atoms with Gasteiger partial charge in [0, 0.05) is 19.3 Å². The van der Waals surface area contributed by atoms with Crippen molar-refractivity contribution in [3.8, 4) is 0 Å². The van der Waals surface area contributed by atoms with E-state index in [1.54, 1.807) is 0 Å². The van der Waals surface area contributed by atoms with Crippen molar-refractivity contribution >= 4 is 23.7 Å². The number of rotatable bonds is 50. The van der Waals surface area contributed by atoms with Gasteiger partial charge in [-0.15, -0.1) is 0 Å². The highest BCUT2D eigenvalue weighted by Gasteiger charge is 2.32. The van der Waals surface area contributed by atoms with Crippen molar-refractivity contribution in [1.29, 1.82) is 0 Å². The summed E-state index contributed by atoms with van der Waals surface area (Å²) >= 11 is 0. The molecule has 0 unspecified atom stereocenters. The second-order valence-corrected chi connectivity index (χ2v) is 20.0. The van der Waals surface area contributed by atoms with Crippen molar-refractivity contribution in [3.05, 3.63) is 36.5 Å². The minimum atomic E-state index is -1.79. The number of carboxylic acids is 3. The third-order valence-electron chi connectivity index (χ3n) is 12.6. The van der Waals surface area contributed by atoms with Gasteiger partial charge in [0.15, 0.2) is 5.78 Å². The Kier molecular flexibility index (Phi) is 68.4. The van der Waals surface area contributed by atoms with Gasteiger partial charge in [0.1, 0.15) is 24.4 Å². The van der Waals surface area contributed by atoms with E-state index in [4.69, 9.17) is 40.9 Å². The van der Waals surface area contributed by atoms with E-state index in [-0.39, 0.29) is 0 Å². The Balaban J connectivity index is -0.000000440. The number of hydrogen-bond acceptors (Lipinski definition) is 9. The molecule has 0 radical (unpaired) electrons. The van der Waals surface area contributed by atoms with Crippen LogP contribution in [-0.2, 0) is 19.2 Å². The second kappa shape index (κ2) is 65.2. The Bertz CT molecular complexity index is 1130. The van der Waals surface area contributed by atoms with E-state index in [9.17, 15) is 19.2 Å². The number of aliphatic carboxylic acids is 3. The molecule has 12 heteroatoms. The van der Waals surface area contributed by atoms with Crippen LogP contribution in [0.25, 0.3) is 0 Å². The molecule has 0 rings (SSSR count). The summed E-state index contributed by atoms with van der Waals surface area (Å²) in [4.78, 5) is 41.5. The second-order valence-electron chi connectivity index (χ2n) is 20.0. The summed E-state index contributed by atoms with van der Waals surface area (Å²) in [7, 11) is 0. The molecule has 0 aliphatic carbocycles. The smallest absolute Gasteiger partial charge is 0.303 e. The van der Waals surface area contributed by atoms with Crippen LogP contribution < -0.4 is 0 Å². The molecule has 0 aromatic carbocycles. The summed E-state index contributed by atoms with van der Waals surface area (Å²) in [5.74, 6) is -2.72. The lowest BCUT2D eigenvalue weighted by Crippen LogP contribution is -2.48. The largest absolute Gasteiger partial charge is 0.481 e. The van der Waals surface area contributed by atoms with Crippen molar-refractivity contribution in [3.63, 3.8) is 0 Å². The molecule has 73 heavy (non-hydrogen) atoms. The van der Waals surface area contributed by atoms with Gasteiger partial charge in [-0.2, -0.15) is 0 Å². The normalized spacial score (nSPS) is 12.9. The Morgan fingerprint density at radius 1 is 0.329 bits per heavy atom. The molecule has 0 aromatic rings. The fourth-order valence-corrected chi connectivity index (χ4v) is 7.80. The third kappa shape index (κ3) is 71.2. The topological polar surface area (TPSA) is 230 Å². The molecule has 0 aromatic heterocycles. The number of aliphatic hydroxyl groups is 5. The van der Waals surface area contributed by atoms with Gasteiger partial charge in [0.2, 0.25) is 0 Å². The SMILES string of the molecule is CC(=O)[C@H](O)[C@@H](O)[C@H](O)[C@H](O)CO.CCCCCCCC/C=C\CCCCCCCC(=O)O.CCCCCCCC/C=C\CCCCCCCC(=O)O.CCCCCCCC/C=C\CCCCCCCC(=O)O. The first-order chi connectivity index (χ1) is 35.2. The fourth-order valence-electron chi connectivity index (χ4n) is 7.80. The van der Waals surface area contributed by atoms with Crippen LogP contribution in [-0.4, -0.2) is 95.6 Å². The maximum atomic E-state index is 10.5. The zero-order valence-corrected chi connectivity index (χ0v) is 47.4. The monoisotopic (exact) mass is 1040 g/mol. The molecular weight excluding hydrogens is 925 g/mol. The molecule has 0 saturated carbocycles. The molecule has 0 fully saturated rings. The molecular formula is C61H116O12. The van der Waals surface area contributed by atoms with Crippen molar-refractivity contribution in [2.45, 2.75) is 322 Å². The van der Waals surface area contributed by atoms with Gasteiger partial charge in [-0.05, 0) is 103 Å². The number of carbonyl (C=O) groups excluding carboxylic acids is 1. The summed E-state index contributed by atoms with van der Waals surface area (Å²) < 4.78 is 0. The number of aliphatic hydroxyl groups excluding tert-OH is 5. The standard InChI is InChI=1S/3C18H34O2.C7H14O6/c3*1-2-3-4-5-6-7-8-9-10-11-12-13-14-15-16-17-18(19)20;1-3(9)5(11)7(13)6(12)4(10)2-8/h3*9-10H,2-8,11-17H2,1H3,(H,19,20);4-8,10-13H,2H2,1H3/b3*10-9-;/t;;;4-,5+,6-,7-/m...1/s1. The predicted molar refractivity (Wildman–Crippen MR) is 303 cm³/mol. The lowest BCUT2D eigenvalue weighted by atomic mass is 10.0. The van der Waals surface area contributed by atoms with E-state index >= 15 is 0 Å². The van der Waals surface area contributed by atoms with E-state index in [2.05, 4.69) is 57.2 Å². The average Bonchev–Trinajstić information content (AvgIpc) is 3.36. The number of unbranched alkanes of at least 4 members (excludes halogenated alkanes) is 33. The first kappa shape index (κ1) is 76.6. The first-order valence-corrected chi connectivity index (χ1v) is 29.7. The molecule has 0 amide bonds. The van der Waals surface area contributed by atoms with E-state index in [1.165, 1.54) is 212 Å². The third-order valence-corrected chi connectivity index (χ3v) is 12.6. The van der Waals surface area contributed by atoms with Crippen molar-refractivity contribution in [2.75, 3.05) is 6.61 Å². The van der Waals surface area contributed by atoms with Crippen LogP contribution in [0.2, 0.25) is 0 Å². The number of ketones is 1. The van der Waals surface area contributed by atoms with E-state index in [0.29, 0.717) is 19.3 Å². The number of allylic oxidation sites excluding steroid dienone is 6. The van der Waals surface area contributed by atoms with Crippen LogP contribution >= 0.6 is 0 Å². The quantitative estimate of drug-likeness (QED) is 0.0210. The molecule has 0 bridgehead atoms. The van der Waals surface area contributed by atoms with Crippen molar-refractivity contribution in [1.82, 2.24) is 0 Å². The highest BCUT2D eigenvalue weighted by molar-refractivity contribution is 5.80. The van der Waals surface area contributed by atoms with Gasteiger partial charge in [-0.3, -0.25) is 19.2 Å². The van der Waals surface area contributed by atoms with Crippen LogP contribution in [0.4, 0.5) is 0 Å². The zero-order chi connectivity index (χ0) is 55.3. The lowest BCUT2D eigenvalue weighted by Gasteiger charge is -2.23. The molecule has 0 aliphatic rings. The molecule has 0 saturated heterocycles. The summed E-state index contributed by atoms with van der Waals surface area (Å²) in [5.41, 5.74) is 0. The zero-order valence-electron chi connectivity index (χ0n) is 47.4. The summed E-state index contributed by atoms with van der Waals surface area (Å²) in [5, 5.41) is 69.8. The van der Waals surface area contributed by atoms with Gasteiger partial charge in [-0.25, -0.2) is 0 Å². The molecule has 4 atom stereocenters. The molecule has 8 N–H and O–H groups in total. The summed E-state index contributed by atoms with van der Waals surface area (Å²) in [6.45, 7) is 7.05. The minimum Gasteiger partial charge on any atom is -0.481 e. The van der Waals surface area contributed by atoms with Crippen molar-refractivity contribution < 1.29 is 60.0 Å². The van der Waals surface area contributed by atoms with Gasteiger partial charge < -0.3 is 40.9 Å². The van der Waals surface area contributed by atoms with Crippen LogP contribution in [0.1, 0.15) is 297 Å². The van der Waals surface area contributed by atoms with Crippen LogP contribution in [0.15, 0.2) is 36.5 Å². The Morgan fingerprint density at radius 2 is 0.534 bits per heavy atom. The molecule has 12 nitrogen and oxygen atoms in total. The van der Waals surface area contributed by atoms with Gasteiger partial charge in [0.05, 0.1) is 6.61 Å². The van der Waals surface area contributed by atoms with Gasteiger partial charge in [0.25, 0.3) is 0 Å². The number of Topliss-reactive ketones (excluding diaryl/α,β-unsaturated/α-hetero) is 1. The Labute approximate surface area is 447 Å². The predicted octanol–water partition coefficient (Wildman–Crippen LogP) is 15.3. The number of carboxylic acid groups (broad SMARTS) is 3. The average molecular weight is 1040 g/mol.